The Kier molecular flexibility index (Phi) is 26.4. The van der Waals surface area contributed by atoms with Gasteiger partial charge in [0.15, 0.2) is 0 Å². The monoisotopic (exact) mass is 486 g/mol. The van der Waals surface area contributed by atoms with Gasteiger partial charge in [-0.15, -0.1) is 0 Å². The Labute approximate surface area is 189 Å². The van der Waals surface area contributed by atoms with Gasteiger partial charge in [0.05, 0.1) is 6.54 Å². The van der Waals surface area contributed by atoms with E-state index in [9.17, 15) is 9.59 Å². The van der Waals surface area contributed by atoms with Crippen LogP contribution >= 0.6 is 0 Å². The summed E-state index contributed by atoms with van der Waals surface area (Å²) in [5.41, 5.74) is 4.85. The molecule has 6 heteroatoms. The molecule has 28 heavy (non-hydrogen) atoms. The van der Waals surface area contributed by atoms with Crippen LogP contribution in [0.1, 0.15) is 0 Å². The molecule has 0 atom stereocenters. The van der Waals surface area contributed by atoms with Gasteiger partial charge in [0.1, 0.15) is 6.54 Å². The van der Waals surface area contributed by atoms with Gasteiger partial charge in [0.2, 0.25) is 5.91 Å². The van der Waals surface area contributed by atoms with Gasteiger partial charge in [0, 0.05) is 0 Å². The molecule has 5 nitrogen and oxygen atoms in total. The molecule has 3 aliphatic rings. The SMILES string of the molecule is NCC(=O)NCC(=O)O.[CH]1[CH][CH][CH][CH][CH]1.[CH]1[CH][CH][CH][CH][CH]1.[CH]1[CH][CH][CH][CH][CH]1.[Sn+4]. The van der Waals surface area contributed by atoms with Crippen molar-refractivity contribution in [2.45, 2.75) is 0 Å². The molecular formula is C22H26N2O3Sn+4. The maximum Gasteiger partial charge on any atom is 4.00 e. The zero-order valence-electron chi connectivity index (χ0n) is 15.6. The van der Waals surface area contributed by atoms with Crippen molar-refractivity contribution in [1.82, 2.24) is 5.32 Å². The Hall–Kier alpha value is -0.301. The fraction of sp³-hybridized carbons (Fsp3) is 0.0909. The van der Waals surface area contributed by atoms with Gasteiger partial charge in [-0.2, -0.15) is 0 Å². The van der Waals surface area contributed by atoms with Crippen molar-refractivity contribution in [1.29, 1.82) is 0 Å². The van der Waals surface area contributed by atoms with Crippen LogP contribution < -0.4 is 11.1 Å². The van der Waals surface area contributed by atoms with Crippen molar-refractivity contribution in [3.63, 3.8) is 0 Å². The van der Waals surface area contributed by atoms with Crippen molar-refractivity contribution >= 4 is 35.8 Å². The first-order valence-electron chi connectivity index (χ1n) is 8.35. The van der Waals surface area contributed by atoms with Gasteiger partial charge < -0.3 is 16.2 Å². The van der Waals surface area contributed by atoms with Crippen molar-refractivity contribution in [2.75, 3.05) is 13.1 Å². The zero-order chi connectivity index (χ0) is 20.0. The van der Waals surface area contributed by atoms with Crippen molar-refractivity contribution < 1.29 is 14.7 Å². The first-order valence-corrected chi connectivity index (χ1v) is 8.35. The molecule has 4 N–H and O–H groups in total. The van der Waals surface area contributed by atoms with Crippen LogP contribution in [0.2, 0.25) is 0 Å². The molecule has 0 unspecified atom stereocenters. The number of rotatable bonds is 3. The van der Waals surface area contributed by atoms with E-state index in [1.54, 1.807) is 0 Å². The van der Waals surface area contributed by atoms with Gasteiger partial charge >= 0.3 is 29.9 Å². The average Bonchev–Trinajstić information content (AvgIpc) is 2.77. The van der Waals surface area contributed by atoms with Crippen LogP contribution in [0.15, 0.2) is 0 Å². The largest absolute Gasteiger partial charge is 4.00 e. The summed E-state index contributed by atoms with van der Waals surface area (Å²) in [6.07, 6.45) is 36.0. The minimum absolute atomic E-state index is 0. The van der Waals surface area contributed by atoms with Crippen LogP contribution in [0, 0.1) is 116 Å². The summed E-state index contributed by atoms with van der Waals surface area (Å²) in [6.45, 7) is -0.538. The number of carbonyl (C=O) groups excluding carboxylic acids is 1. The van der Waals surface area contributed by atoms with Crippen LogP contribution in [0.3, 0.4) is 0 Å². The minimum atomic E-state index is -1.07. The van der Waals surface area contributed by atoms with Gasteiger partial charge in [0.25, 0.3) is 0 Å². The normalized spacial score (nSPS) is 18.2. The standard InChI is InChI=1S/3C6H6.C4H8N2O3.Sn/c3*1-2-4-6-5-3-1;5-1-3(7)6-2-4(8)9;/h3*1-6H;1-2,5H2,(H,6,7)(H,8,9);/q;;;;+4. The van der Waals surface area contributed by atoms with E-state index < -0.39 is 11.9 Å². The van der Waals surface area contributed by atoms with Crippen LogP contribution in [0.25, 0.3) is 0 Å². The molecule has 142 valence electrons. The van der Waals surface area contributed by atoms with Crippen LogP contribution in [-0.2, 0) is 9.59 Å². The van der Waals surface area contributed by atoms with Crippen molar-refractivity contribution in [3.05, 3.63) is 116 Å². The fourth-order valence-electron chi connectivity index (χ4n) is 1.40. The molecular weight excluding hydrogens is 459 g/mol. The van der Waals surface area contributed by atoms with Crippen molar-refractivity contribution in [2.24, 2.45) is 5.73 Å². The second-order valence-electron chi connectivity index (χ2n) is 4.84. The van der Waals surface area contributed by atoms with E-state index in [2.05, 4.69) is 5.32 Å². The molecule has 0 aromatic rings. The number of nitrogens with one attached hydrogen (secondary N) is 1. The van der Waals surface area contributed by atoms with Crippen LogP contribution in [0.5, 0.6) is 0 Å². The molecule has 3 fully saturated rings. The number of aliphatic carboxylic acids is 1. The number of hydrogen-bond acceptors (Lipinski definition) is 3. The second kappa shape index (κ2) is 24.7. The molecule has 0 saturated heterocycles. The van der Waals surface area contributed by atoms with E-state index in [0.717, 1.165) is 0 Å². The molecule has 18 radical (unpaired) electrons. The molecule has 0 aromatic heterocycles. The molecule has 0 heterocycles. The molecule has 3 aliphatic carbocycles. The van der Waals surface area contributed by atoms with E-state index in [0.29, 0.717) is 0 Å². The fourth-order valence-corrected chi connectivity index (χ4v) is 1.40. The van der Waals surface area contributed by atoms with E-state index in [4.69, 9.17) is 10.8 Å². The smallest absolute Gasteiger partial charge is 0.480 e. The molecule has 0 aromatic carbocycles. The average molecular weight is 485 g/mol. The Bertz CT molecular complexity index is 280. The molecule has 3 rings (SSSR count). The topological polar surface area (TPSA) is 92.4 Å². The number of carbonyl (C=O) groups is 2. The van der Waals surface area contributed by atoms with E-state index >= 15 is 0 Å². The molecule has 3 saturated carbocycles. The number of hydrogen-bond donors (Lipinski definition) is 3. The predicted molar refractivity (Wildman–Crippen MR) is 113 cm³/mol. The predicted octanol–water partition coefficient (Wildman–Crippen LogP) is 1.44. The summed E-state index contributed by atoms with van der Waals surface area (Å²) in [6, 6.07) is 0. The summed E-state index contributed by atoms with van der Waals surface area (Å²) < 4.78 is 0. The van der Waals surface area contributed by atoms with E-state index in [-0.39, 0.29) is 37.0 Å². The number of nitrogens with two attached hydrogens (primary N) is 1. The zero-order valence-corrected chi connectivity index (χ0v) is 18.5. The number of carboxylic acids is 1. The molecule has 0 aliphatic heterocycles. The second-order valence-corrected chi connectivity index (χ2v) is 4.84. The van der Waals surface area contributed by atoms with Gasteiger partial charge in [-0.05, 0) is 116 Å². The molecule has 0 spiro atoms. The number of amides is 1. The molecule has 1 amide bonds. The Morgan fingerprint density at radius 3 is 0.964 bits per heavy atom. The number of carboxylic acid groups (broad SMARTS) is 1. The summed E-state index contributed by atoms with van der Waals surface area (Å²) in [7, 11) is 0. The summed E-state index contributed by atoms with van der Waals surface area (Å²) in [4.78, 5) is 20.0. The van der Waals surface area contributed by atoms with Crippen LogP contribution in [-0.4, -0.2) is 54.0 Å². The Morgan fingerprint density at radius 1 is 0.607 bits per heavy atom. The summed E-state index contributed by atoms with van der Waals surface area (Å²) in [5.74, 6) is -1.53. The first kappa shape index (κ1) is 29.9. The van der Waals surface area contributed by atoms with Crippen LogP contribution in [0.4, 0.5) is 0 Å². The minimum Gasteiger partial charge on any atom is -0.480 e. The summed E-state index contributed by atoms with van der Waals surface area (Å²) in [5, 5.41) is 10.1. The van der Waals surface area contributed by atoms with E-state index in [1.165, 1.54) is 0 Å². The maximum atomic E-state index is 10.2. The third-order valence-corrected chi connectivity index (χ3v) is 2.62. The van der Waals surface area contributed by atoms with Crippen molar-refractivity contribution in [3.8, 4) is 0 Å². The third kappa shape index (κ3) is 25.7. The maximum absolute atomic E-state index is 10.2. The van der Waals surface area contributed by atoms with Gasteiger partial charge in [-0.3, -0.25) is 9.59 Å². The van der Waals surface area contributed by atoms with Gasteiger partial charge in [-0.25, -0.2) is 0 Å². The molecule has 0 bridgehead atoms. The van der Waals surface area contributed by atoms with E-state index in [1.807, 2.05) is 116 Å². The quantitative estimate of drug-likeness (QED) is 0.528. The summed E-state index contributed by atoms with van der Waals surface area (Å²) >= 11 is 0. The third-order valence-electron chi connectivity index (χ3n) is 2.62. The first-order chi connectivity index (χ1) is 13.2. The Morgan fingerprint density at radius 2 is 0.821 bits per heavy atom. The van der Waals surface area contributed by atoms with Gasteiger partial charge in [-0.1, -0.05) is 0 Å². The Balaban J connectivity index is 0.